The highest BCUT2D eigenvalue weighted by Gasteiger charge is 2.14. The van der Waals surface area contributed by atoms with Crippen molar-refractivity contribution in [1.82, 2.24) is 10.6 Å². The lowest BCUT2D eigenvalue weighted by Crippen LogP contribution is -2.40. The fourth-order valence-electron chi connectivity index (χ4n) is 3.45. The highest BCUT2D eigenvalue weighted by molar-refractivity contribution is 14.0. The third kappa shape index (κ3) is 8.76. The number of ether oxygens (including phenoxy) is 1. The molecule has 6 nitrogen and oxygen atoms in total. The minimum Gasteiger partial charge on any atom is -0.484 e. The number of carbonyl (C=O) groups is 1. The molecule has 174 valence electrons. The largest absolute Gasteiger partial charge is 0.484 e. The van der Waals surface area contributed by atoms with E-state index in [2.05, 4.69) is 64.2 Å². The summed E-state index contributed by atoms with van der Waals surface area (Å²) in [4.78, 5) is 15.2. The average Bonchev–Trinajstić information content (AvgIpc) is 2.84. The first kappa shape index (κ1) is 26.2. The van der Waals surface area contributed by atoms with Crippen LogP contribution in [0.1, 0.15) is 22.6 Å². The lowest BCUT2D eigenvalue weighted by molar-refractivity contribution is -0.119. The van der Waals surface area contributed by atoms with Crippen LogP contribution in [0.2, 0.25) is 0 Å². The molecule has 33 heavy (non-hydrogen) atoms. The first-order chi connectivity index (χ1) is 15.7. The van der Waals surface area contributed by atoms with Crippen molar-refractivity contribution in [3.8, 4) is 5.75 Å². The maximum atomic E-state index is 10.8. The van der Waals surface area contributed by atoms with Crippen molar-refractivity contribution < 1.29 is 9.53 Å². The zero-order valence-corrected chi connectivity index (χ0v) is 21.1. The van der Waals surface area contributed by atoms with Gasteiger partial charge in [-0.1, -0.05) is 72.8 Å². The van der Waals surface area contributed by atoms with Gasteiger partial charge in [0.2, 0.25) is 0 Å². The molecule has 0 unspecified atom stereocenters. The van der Waals surface area contributed by atoms with Crippen LogP contribution in [0.4, 0.5) is 0 Å². The normalized spacial score (nSPS) is 10.9. The number of halogens is 1. The summed E-state index contributed by atoms with van der Waals surface area (Å²) in [5, 5.41) is 6.84. The van der Waals surface area contributed by atoms with E-state index in [1.54, 1.807) is 7.05 Å². The van der Waals surface area contributed by atoms with Gasteiger partial charge in [-0.3, -0.25) is 9.79 Å². The van der Waals surface area contributed by atoms with Gasteiger partial charge in [-0.05, 0) is 35.2 Å². The lowest BCUT2D eigenvalue weighted by atomic mass is 9.91. The summed E-state index contributed by atoms with van der Waals surface area (Å²) in [5.41, 5.74) is 8.78. The number of carbonyl (C=O) groups excluding carboxylic acids is 1. The monoisotopic (exact) mass is 558 g/mol. The SMILES string of the molecule is CN=C(NCCc1ccc(OCC(N)=O)cc1)NCC(c1ccccc1)c1ccccc1.I. The van der Waals surface area contributed by atoms with Crippen molar-refractivity contribution in [2.45, 2.75) is 12.3 Å². The first-order valence-corrected chi connectivity index (χ1v) is 10.7. The maximum Gasteiger partial charge on any atom is 0.255 e. The molecule has 0 aromatic heterocycles. The Labute approximate surface area is 212 Å². The van der Waals surface area contributed by atoms with E-state index in [1.807, 2.05) is 36.4 Å². The van der Waals surface area contributed by atoms with E-state index in [4.69, 9.17) is 10.5 Å². The summed E-state index contributed by atoms with van der Waals surface area (Å²) in [5.74, 6) is 1.14. The summed E-state index contributed by atoms with van der Waals surface area (Å²) >= 11 is 0. The summed E-state index contributed by atoms with van der Waals surface area (Å²) in [6.45, 7) is 1.36. The van der Waals surface area contributed by atoms with Crippen molar-refractivity contribution in [3.05, 3.63) is 102 Å². The Morgan fingerprint density at radius 2 is 1.48 bits per heavy atom. The molecule has 0 atom stereocenters. The topological polar surface area (TPSA) is 88.7 Å². The highest BCUT2D eigenvalue weighted by Crippen LogP contribution is 2.23. The van der Waals surface area contributed by atoms with Gasteiger partial charge in [0.25, 0.3) is 5.91 Å². The smallest absolute Gasteiger partial charge is 0.255 e. The van der Waals surface area contributed by atoms with Crippen molar-refractivity contribution in [3.63, 3.8) is 0 Å². The van der Waals surface area contributed by atoms with Crippen molar-refractivity contribution in [2.75, 3.05) is 26.7 Å². The Bertz CT molecular complexity index is 956. The Morgan fingerprint density at radius 3 is 2.00 bits per heavy atom. The van der Waals surface area contributed by atoms with Crippen LogP contribution in [-0.4, -0.2) is 38.6 Å². The molecule has 4 N–H and O–H groups in total. The van der Waals surface area contributed by atoms with Gasteiger partial charge in [0, 0.05) is 26.1 Å². The van der Waals surface area contributed by atoms with Crippen molar-refractivity contribution >= 4 is 35.8 Å². The number of nitrogens with one attached hydrogen (secondary N) is 2. The third-order valence-corrected chi connectivity index (χ3v) is 5.11. The van der Waals surface area contributed by atoms with Gasteiger partial charge in [0.15, 0.2) is 12.6 Å². The molecule has 0 aliphatic rings. The first-order valence-electron chi connectivity index (χ1n) is 10.7. The van der Waals surface area contributed by atoms with Crippen LogP contribution >= 0.6 is 24.0 Å². The van der Waals surface area contributed by atoms with Gasteiger partial charge in [-0.15, -0.1) is 24.0 Å². The molecular weight excluding hydrogens is 527 g/mol. The molecule has 3 aromatic rings. The number of nitrogens with zero attached hydrogens (tertiary/aromatic N) is 1. The fourth-order valence-corrected chi connectivity index (χ4v) is 3.45. The Morgan fingerprint density at radius 1 is 0.909 bits per heavy atom. The number of aliphatic imine (C=N–C) groups is 1. The van der Waals surface area contributed by atoms with Crippen LogP contribution < -0.4 is 21.1 Å². The van der Waals surface area contributed by atoms with Crippen molar-refractivity contribution in [2.24, 2.45) is 10.7 Å². The van der Waals surface area contributed by atoms with Crippen LogP contribution in [0, 0.1) is 0 Å². The summed E-state index contributed by atoms with van der Waals surface area (Å²) in [7, 11) is 1.78. The molecule has 0 spiro atoms. The number of guanidine groups is 1. The van der Waals surface area contributed by atoms with Gasteiger partial charge in [-0.2, -0.15) is 0 Å². The average molecular weight is 558 g/mol. The van der Waals surface area contributed by atoms with Gasteiger partial charge in [0.1, 0.15) is 5.75 Å². The summed E-state index contributed by atoms with van der Waals surface area (Å²) < 4.78 is 5.29. The molecule has 3 rings (SSSR count). The van der Waals surface area contributed by atoms with E-state index in [0.29, 0.717) is 5.75 Å². The van der Waals surface area contributed by atoms with E-state index in [-0.39, 0.29) is 36.5 Å². The van der Waals surface area contributed by atoms with Crippen LogP contribution in [-0.2, 0) is 11.2 Å². The standard InChI is InChI=1S/C26H30N4O2.HI/c1-28-26(29-17-16-20-12-14-23(15-13-20)32-19-25(27)31)30-18-24(21-8-4-2-5-9-21)22-10-6-3-7-11-22;/h2-15,24H,16-19H2,1H3,(H2,27,31)(H2,28,29,30);1H. The highest BCUT2D eigenvalue weighted by atomic mass is 127. The molecule has 3 aromatic carbocycles. The van der Waals surface area contributed by atoms with Crippen LogP contribution in [0.15, 0.2) is 89.9 Å². The molecule has 0 aliphatic carbocycles. The zero-order chi connectivity index (χ0) is 22.6. The Balaban J connectivity index is 0.00000385. The number of amides is 1. The molecule has 0 heterocycles. The number of hydrogen-bond donors (Lipinski definition) is 3. The minimum atomic E-state index is -0.487. The fraction of sp³-hybridized carbons (Fsp3) is 0.231. The van der Waals surface area contributed by atoms with Crippen LogP contribution in [0.25, 0.3) is 0 Å². The minimum absolute atomic E-state index is 0. The summed E-state index contributed by atoms with van der Waals surface area (Å²) in [6, 6.07) is 28.6. The molecule has 0 radical (unpaired) electrons. The zero-order valence-electron chi connectivity index (χ0n) is 18.7. The number of nitrogens with two attached hydrogens (primary N) is 1. The Hall–Kier alpha value is -3.07. The molecule has 0 saturated heterocycles. The summed E-state index contributed by atoms with van der Waals surface area (Å²) in [6.07, 6.45) is 0.831. The van der Waals surface area contributed by atoms with E-state index < -0.39 is 5.91 Å². The van der Waals surface area contributed by atoms with Crippen LogP contribution in [0.3, 0.4) is 0 Å². The molecule has 0 aliphatic heterocycles. The van der Waals surface area contributed by atoms with Crippen LogP contribution in [0.5, 0.6) is 5.75 Å². The number of benzene rings is 3. The predicted molar refractivity (Wildman–Crippen MR) is 144 cm³/mol. The van der Waals surface area contributed by atoms with Gasteiger partial charge < -0.3 is 21.1 Å². The number of rotatable bonds is 10. The van der Waals surface area contributed by atoms with Gasteiger partial charge in [-0.25, -0.2) is 0 Å². The molecule has 7 heteroatoms. The number of primary amides is 1. The third-order valence-electron chi connectivity index (χ3n) is 5.11. The molecule has 0 bridgehead atoms. The van der Waals surface area contributed by atoms with E-state index in [9.17, 15) is 4.79 Å². The molecule has 1 amide bonds. The second-order valence-electron chi connectivity index (χ2n) is 7.40. The molecule has 0 fully saturated rings. The lowest BCUT2D eigenvalue weighted by Gasteiger charge is -2.20. The van der Waals surface area contributed by atoms with Crippen molar-refractivity contribution in [1.29, 1.82) is 0 Å². The predicted octanol–water partition coefficient (Wildman–Crippen LogP) is 3.71. The maximum absolute atomic E-state index is 10.8. The van der Waals surface area contributed by atoms with Gasteiger partial charge in [0.05, 0.1) is 0 Å². The molecule has 0 saturated carbocycles. The van der Waals surface area contributed by atoms with Gasteiger partial charge >= 0.3 is 0 Å². The van der Waals surface area contributed by atoms with E-state index in [1.165, 1.54) is 11.1 Å². The second kappa shape index (κ2) is 14.2. The van der Waals surface area contributed by atoms with E-state index >= 15 is 0 Å². The second-order valence-corrected chi connectivity index (χ2v) is 7.40. The Kier molecular flexibility index (Phi) is 11.2. The van der Waals surface area contributed by atoms with E-state index in [0.717, 1.165) is 31.0 Å². The quantitative estimate of drug-likeness (QED) is 0.201. The number of hydrogen-bond acceptors (Lipinski definition) is 3. The molecular formula is C26H31IN4O2.